The van der Waals surface area contributed by atoms with Crippen LogP contribution >= 0.6 is 0 Å². The van der Waals surface area contributed by atoms with Gasteiger partial charge in [0.15, 0.2) is 5.82 Å². The number of nitrogens with zero attached hydrogens (tertiary/aromatic N) is 1. The van der Waals surface area contributed by atoms with Crippen LogP contribution in [0.25, 0.3) is 10.9 Å². The highest BCUT2D eigenvalue weighted by molar-refractivity contribution is 5.94. The fourth-order valence-electron chi connectivity index (χ4n) is 3.27. The lowest BCUT2D eigenvalue weighted by molar-refractivity contribution is 0.474. The van der Waals surface area contributed by atoms with E-state index in [9.17, 15) is 14.7 Å². The molecule has 0 aliphatic carbocycles. The van der Waals surface area contributed by atoms with Crippen LogP contribution in [0.3, 0.4) is 0 Å². The van der Waals surface area contributed by atoms with Crippen molar-refractivity contribution in [2.75, 3.05) is 16.4 Å². The van der Waals surface area contributed by atoms with Gasteiger partial charge in [0.25, 0.3) is 10.9 Å². The van der Waals surface area contributed by atoms with Crippen molar-refractivity contribution < 1.29 is 5.11 Å². The number of aromatic hydroxyl groups is 1. The maximum absolute atomic E-state index is 12.1. The summed E-state index contributed by atoms with van der Waals surface area (Å²) in [6, 6.07) is 10.1. The quantitative estimate of drug-likeness (QED) is 0.338. The van der Waals surface area contributed by atoms with Gasteiger partial charge in [0.05, 0.1) is 5.52 Å². The van der Waals surface area contributed by atoms with Crippen molar-refractivity contribution in [1.82, 2.24) is 10.2 Å². The van der Waals surface area contributed by atoms with Gasteiger partial charge in [-0.05, 0) is 49.2 Å². The molecule has 0 aliphatic rings. The zero-order valence-electron chi connectivity index (χ0n) is 15.3. The molecule has 8 heteroatoms. The predicted molar refractivity (Wildman–Crippen MR) is 110 cm³/mol. The molecule has 0 spiro atoms. The summed E-state index contributed by atoms with van der Waals surface area (Å²) in [7, 11) is 0. The van der Waals surface area contributed by atoms with Gasteiger partial charge in [-0.1, -0.05) is 12.1 Å². The van der Waals surface area contributed by atoms with Crippen LogP contribution in [0, 0.1) is 6.92 Å². The van der Waals surface area contributed by atoms with Crippen LogP contribution in [0.5, 0.6) is 5.75 Å². The first kappa shape index (κ1) is 17.6. The van der Waals surface area contributed by atoms with Crippen LogP contribution in [0.15, 0.2) is 46.0 Å². The number of fused-ring (bicyclic) bond motifs is 1. The smallest absolute Gasteiger partial charge is 0.253 e. The number of phenols is 1. The van der Waals surface area contributed by atoms with E-state index in [-0.39, 0.29) is 23.2 Å². The molecular formula is C20H19N5O3. The van der Waals surface area contributed by atoms with Crippen LogP contribution < -0.4 is 27.2 Å². The third kappa shape index (κ3) is 2.84. The highest BCUT2D eigenvalue weighted by Crippen LogP contribution is 2.30. The molecule has 1 aromatic heterocycles. The van der Waals surface area contributed by atoms with Gasteiger partial charge in [-0.15, -0.1) is 0 Å². The summed E-state index contributed by atoms with van der Waals surface area (Å²) in [5, 5.41) is 23.3. The first-order chi connectivity index (χ1) is 13.3. The zero-order chi connectivity index (χ0) is 20.0. The average molecular weight is 377 g/mol. The Kier molecular flexibility index (Phi) is 4.03. The molecule has 8 nitrogen and oxygen atoms in total. The van der Waals surface area contributed by atoms with Gasteiger partial charge in [-0.3, -0.25) is 14.7 Å². The Balaban J connectivity index is 1.64. The molecule has 1 atom stereocenters. The summed E-state index contributed by atoms with van der Waals surface area (Å²) in [5.41, 5.74) is 8.31. The van der Waals surface area contributed by atoms with Crippen molar-refractivity contribution in [2.24, 2.45) is 0 Å². The SMILES string of the molecule is Cc1cc(Nc2c(N[C@H](C)c3cccc(O)c3)c(=O)c2=O)cc2c(N)n[nH]c12. The normalized spacial score (nSPS) is 12.4. The average Bonchev–Trinajstić information content (AvgIpc) is 3.05. The summed E-state index contributed by atoms with van der Waals surface area (Å²) in [6.07, 6.45) is 0. The van der Waals surface area contributed by atoms with Crippen molar-refractivity contribution in [3.05, 3.63) is 68.0 Å². The number of aromatic nitrogens is 2. The lowest BCUT2D eigenvalue weighted by atomic mass is 10.1. The van der Waals surface area contributed by atoms with Gasteiger partial charge in [0.2, 0.25) is 0 Å². The van der Waals surface area contributed by atoms with Gasteiger partial charge < -0.3 is 21.5 Å². The van der Waals surface area contributed by atoms with E-state index >= 15 is 0 Å². The van der Waals surface area contributed by atoms with E-state index in [1.807, 2.05) is 26.0 Å². The van der Waals surface area contributed by atoms with E-state index in [1.165, 1.54) is 0 Å². The first-order valence-electron chi connectivity index (χ1n) is 8.75. The molecule has 0 bridgehead atoms. The minimum Gasteiger partial charge on any atom is -0.508 e. The van der Waals surface area contributed by atoms with E-state index in [2.05, 4.69) is 20.8 Å². The van der Waals surface area contributed by atoms with Crippen molar-refractivity contribution >= 4 is 33.8 Å². The third-order valence-electron chi connectivity index (χ3n) is 4.81. The summed E-state index contributed by atoms with van der Waals surface area (Å²) in [5.74, 6) is 0.499. The van der Waals surface area contributed by atoms with E-state index in [1.54, 1.807) is 24.3 Å². The third-order valence-corrected chi connectivity index (χ3v) is 4.81. The zero-order valence-corrected chi connectivity index (χ0v) is 15.3. The number of benzene rings is 2. The molecule has 0 radical (unpaired) electrons. The maximum Gasteiger partial charge on any atom is 0.253 e. The van der Waals surface area contributed by atoms with Crippen LogP contribution in [0.1, 0.15) is 24.1 Å². The number of aromatic amines is 1. The number of anilines is 4. The molecular weight excluding hydrogens is 358 g/mol. The minimum atomic E-state index is -0.580. The molecule has 1 heterocycles. The van der Waals surface area contributed by atoms with Gasteiger partial charge in [-0.2, -0.15) is 5.10 Å². The standard InChI is InChI=1S/C20H19N5O3/c1-9-6-12(8-14-15(9)24-25-20(14)21)23-17-16(18(27)19(17)28)22-10(2)11-4-3-5-13(26)7-11/h3-8,10,22-23,26H,1-2H3,(H3,21,24,25)/t10-/m1/s1. The second kappa shape index (κ2) is 6.41. The molecule has 0 fully saturated rings. The molecule has 28 heavy (non-hydrogen) atoms. The molecule has 0 amide bonds. The highest BCUT2D eigenvalue weighted by Gasteiger charge is 2.23. The second-order valence-electron chi connectivity index (χ2n) is 6.82. The molecule has 4 rings (SSSR count). The molecule has 3 aromatic carbocycles. The largest absolute Gasteiger partial charge is 0.508 e. The van der Waals surface area contributed by atoms with Crippen LogP contribution in [0.4, 0.5) is 22.9 Å². The molecule has 6 N–H and O–H groups in total. The number of nitrogens with two attached hydrogens (primary N) is 1. The van der Waals surface area contributed by atoms with E-state index in [0.717, 1.165) is 22.0 Å². The Bertz CT molecular complexity index is 1270. The monoisotopic (exact) mass is 377 g/mol. The van der Waals surface area contributed by atoms with Crippen molar-refractivity contribution in [3.63, 3.8) is 0 Å². The van der Waals surface area contributed by atoms with Gasteiger partial charge in [-0.25, -0.2) is 0 Å². The predicted octanol–water partition coefficient (Wildman–Crippen LogP) is 2.67. The van der Waals surface area contributed by atoms with Crippen molar-refractivity contribution in [1.29, 1.82) is 0 Å². The number of hydrogen-bond acceptors (Lipinski definition) is 7. The second-order valence-corrected chi connectivity index (χ2v) is 6.82. The van der Waals surface area contributed by atoms with Gasteiger partial charge in [0, 0.05) is 17.1 Å². The van der Waals surface area contributed by atoms with Crippen molar-refractivity contribution in [2.45, 2.75) is 19.9 Å². The Morgan fingerprint density at radius 1 is 1.14 bits per heavy atom. The first-order valence-corrected chi connectivity index (χ1v) is 8.75. The topological polar surface area (TPSA) is 133 Å². The van der Waals surface area contributed by atoms with Crippen LogP contribution in [-0.4, -0.2) is 15.3 Å². The Hall–Kier alpha value is -3.81. The number of rotatable bonds is 5. The number of aryl methyl sites for hydroxylation is 1. The Labute approximate surface area is 159 Å². The fraction of sp³-hybridized carbons (Fsp3) is 0.150. The number of nitrogens with one attached hydrogen (secondary N) is 3. The lowest BCUT2D eigenvalue weighted by Crippen LogP contribution is -2.37. The highest BCUT2D eigenvalue weighted by atomic mass is 16.3. The maximum atomic E-state index is 12.1. The van der Waals surface area contributed by atoms with Gasteiger partial charge >= 0.3 is 0 Å². The van der Waals surface area contributed by atoms with Gasteiger partial charge in [0.1, 0.15) is 17.1 Å². The number of hydrogen-bond donors (Lipinski definition) is 5. The van der Waals surface area contributed by atoms with E-state index in [0.29, 0.717) is 11.5 Å². The Morgan fingerprint density at radius 3 is 2.64 bits per heavy atom. The molecule has 0 saturated heterocycles. The van der Waals surface area contributed by atoms with Crippen molar-refractivity contribution in [3.8, 4) is 5.75 Å². The van der Waals surface area contributed by atoms with E-state index < -0.39 is 10.9 Å². The number of H-pyrrole nitrogens is 1. The summed E-state index contributed by atoms with van der Waals surface area (Å²) in [6.45, 7) is 3.74. The molecule has 4 aromatic rings. The summed E-state index contributed by atoms with van der Waals surface area (Å²) < 4.78 is 0. The lowest BCUT2D eigenvalue weighted by Gasteiger charge is -2.20. The Morgan fingerprint density at radius 2 is 1.89 bits per heavy atom. The summed E-state index contributed by atoms with van der Waals surface area (Å²) in [4.78, 5) is 24.2. The number of phenolic OH excluding ortho intramolecular Hbond substituents is 1. The molecule has 0 saturated carbocycles. The van der Waals surface area contributed by atoms with E-state index in [4.69, 9.17) is 5.73 Å². The molecule has 0 aliphatic heterocycles. The number of nitrogen functional groups attached to an aromatic ring is 1. The van der Waals surface area contributed by atoms with Crippen LogP contribution in [-0.2, 0) is 0 Å². The fourth-order valence-corrected chi connectivity index (χ4v) is 3.27. The minimum absolute atomic E-state index is 0.135. The molecule has 0 unspecified atom stereocenters. The summed E-state index contributed by atoms with van der Waals surface area (Å²) >= 11 is 0. The molecule has 142 valence electrons. The van der Waals surface area contributed by atoms with Crippen LogP contribution in [0.2, 0.25) is 0 Å².